The summed E-state index contributed by atoms with van der Waals surface area (Å²) in [5.41, 5.74) is 6.06. The van der Waals surface area contributed by atoms with Gasteiger partial charge in [-0.05, 0) is 19.8 Å². The molecule has 0 amide bonds. The standard InChI is InChI=1S/C7H10N2/c1-4-6(3)9-7(8)5-2/h2,4H,1,3H3,(H2,8,9)/b6-4-. The van der Waals surface area contributed by atoms with Crippen LogP contribution in [0.1, 0.15) is 13.8 Å². The number of rotatable bonds is 1. The highest BCUT2D eigenvalue weighted by Gasteiger charge is 1.81. The summed E-state index contributed by atoms with van der Waals surface area (Å²) in [4.78, 5) is 3.83. The Bertz CT molecular complexity index is 182. The van der Waals surface area contributed by atoms with Gasteiger partial charge < -0.3 is 5.73 Å². The fourth-order valence-corrected chi connectivity index (χ4v) is 0.287. The predicted molar refractivity (Wildman–Crippen MR) is 39.9 cm³/mol. The van der Waals surface area contributed by atoms with Crippen molar-refractivity contribution in [2.75, 3.05) is 0 Å². The van der Waals surface area contributed by atoms with Crippen molar-refractivity contribution >= 4 is 5.84 Å². The Hall–Kier alpha value is -1.23. The first kappa shape index (κ1) is 7.77. The van der Waals surface area contributed by atoms with Gasteiger partial charge in [0.25, 0.3) is 0 Å². The third-order valence-electron chi connectivity index (χ3n) is 0.862. The Morgan fingerprint density at radius 3 is 2.67 bits per heavy atom. The fraction of sp³-hybridized carbons (Fsp3) is 0.286. The molecule has 0 heterocycles. The van der Waals surface area contributed by atoms with E-state index in [2.05, 4.69) is 10.9 Å². The van der Waals surface area contributed by atoms with Crippen LogP contribution in [0.3, 0.4) is 0 Å². The molecule has 0 aromatic heterocycles. The summed E-state index contributed by atoms with van der Waals surface area (Å²) >= 11 is 0. The molecule has 0 radical (unpaired) electrons. The molecule has 0 aromatic carbocycles. The van der Waals surface area contributed by atoms with Gasteiger partial charge >= 0.3 is 0 Å². The smallest absolute Gasteiger partial charge is 0.175 e. The molecule has 0 aliphatic rings. The largest absolute Gasteiger partial charge is 0.377 e. The first-order valence-electron chi connectivity index (χ1n) is 2.64. The highest BCUT2D eigenvalue weighted by atomic mass is 14.8. The quantitative estimate of drug-likeness (QED) is 0.313. The zero-order chi connectivity index (χ0) is 7.28. The van der Waals surface area contributed by atoms with Crippen molar-refractivity contribution in [3.63, 3.8) is 0 Å². The molecule has 48 valence electrons. The molecule has 0 rings (SSSR count). The number of allylic oxidation sites excluding steroid dienone is 2. The van der Waals surface area contributed by atoms with E-state index >= 15 is 0 Å². The zero-order valence-electron chi connectivity index (χ0n) is 5.68. The van der Waals surface area contributed by atoms with E-state index in [0.29, 0.717) is 0 Å². The van der Waals surface area contributed by atoms with Crippen LogP contribution in [-0.2, 0) is 0 Å². The van der Waals surface area contributed by atoms with Gasteiger partial charge in [-0.1, -0.05) is 6.08 Å². The van der Waals surface area contributed by atoms with Crippen molar-refractivity contribution in [1.29, 1.82) is 0 Å². The molecule has 9 heavy (non-hydrogen) atoms. The summed E-state index contributed by atoms with van der Waals surface area (Å²) in [5, 5.41) is 0. The van der Waals surface area contributed by atoms with E-state index in [1.807, 2.05) is 19.9 Å². The lowest BCUT2D eigenvalue weighted by molar-refractivity contribution is 1.28. The predicted octanol–water partition coefficient (Wildman–Crippen LogP) is 0.901. The molecule has 0 atom stereocenters. The van der Waals surface area contributed by atoms with Crippen LogP contribution in [0, 0.1) is 12.3 Å². The highest BCUT2D eigenvalue weighted by molar-refractivity contribution is 5.97. The highest BCUT2D eigenvalue weighted by Crippen LogP contribution is 1.91. The zero-order valence-corrected chi connectivity index (χ0v) is 5.68. The third-order valence-corrected chi connectivity index (χ3v) is 0.862. The van der Waals surface area contributed by atoms with E-state index in [9.17, 15) is 0 Å². The maximum Gasteiger partial charge on any atom is 0.175 e. The third kappa shape index (κ3) is 3.36. The Kier molecular flexibility index (Phi) is 3.22. The second-order valence-electron chi connectivity index (χ2n) is 1.57. The summed E-state index contributed by atoms with van der Waals surface area (Å²) in [7, 11) is 0. The van der Waals surface area contributed by atoms with Gasteiger partial charge in [-0.15, -0.1) is 6.42 Å². The van der Waals surface area contributed by atoms with Crippen LogP contribution in [0.25, 0.3) is 0 Å². The van der Waals surface area contributed by atoms with E-state index in [-0.39, 0.29) is 5.84 Å². The van der Waals surface area contributed by atoms with Crippen molar-refractivity contribution in [3.05, 3.63) is 11.8 Å². The molecule has 0 saturated carbocycles. The number of nitrogens with zero attached hydrogens (tertiary/aromatic N) is 1. The lowest BCUT2D eigenvalue weighted by Gasteiger charge is -1.88. The van der Waals surface area contributed by atoms with Gasteiger partial charge in [-0.2, -0.15) is 0 Å². The van der Waals surface area contributed by atoms with Crippen molar-refractivity contribution in [1.82, 2.24) is 0 Å². The van der Waals surface area contributed by atoms with E-state index in [0.717, 1.165) is 5.70 Å². The molecular weight excluding hydrogens is 112 g/mol. The molecule has 0 saturated heterocycles. The Labute approximate surface area is 55.5 Å². The number of hydrogen-bond donors (Lipinski definition) is 1. The summed E-state index contributed by atoms with van der Waals surface area (Å²) in [6.45, 7) is 3.72. The van der Waals surface area contributed by atoms with Gasteiger partial charge in [-0.3, -0.25) is 0 Å². The maximum absolute atomic E-state index is 5.22. The van der Waals surface area contributed by atoms with Crippen LogP contribution < -0.4 is 5.73 Å². The van der Waals surface area contributed by atoms with Crippen molar-refractivity contribution < 1.29 is 0 Å². The minimum atomic E-state index is 0.227. The summed E-state index contributed by atoms with van der Waals surface area (Å²) < 4.78 is 0. The lowest BCUT2D eigenvalue weighted by Crippen LogP contribution is -2.07. The molecule has 2 N–H and O–H groups in total. The SMILES string of the molecule is C#CC(N)=N/C(C)=C\C. The van der Waals surface area contributed by atoms with Crippen LogP contribution in [0.4, 0.5) is 0 Å². The average molecular weight is 122 g/mol. The molecule has 0 aromatic rings. The average Bonchev–Trinajstić information content (AvgIpc) is 1.87. The molecular formula is C7H10N2. The van der Waals surface area contributed by atoms with Gasteiger partial charge in [0.2, 0.25) is 0 Å². The Morgan fingerprint density at radius 2 is 2.33 bits per heavy atom. The maximum atomic E-state index is 5.22. The molecule has 0 fully saturated rings. The van der Waals surface area contributed by atoms with E-state index in [4.69, 9.17) is 12.2 Å². The van der Waals surface area contributed by atoms with Gasteiger partial charge in [0.15, 0.2) is 5.84 Å². The number of aliphatic imine (C=N–C) groups is 1. The molecule has 0 unspecified atom stereocenters. The number of amidine groups is 1. The van der Waals surface area contributed by atoms with E-state index in [1.165, 1.54) is 0 Å². The second-order valence-corrected chi connectivity index (χ2v) is 1.57. The fourth-order valence-electron chi connectivity index (χ4n) is 0.287. The van der Waals surface area contributed by atoms with Crippen molar-refractivity contribution in [3.8, 4) is 12.3 Å². The minimum absolute atomic E-state index is 0.227. The number of terminal acetylenes is 1. The normalized spacial score (nSPS) is 13.0. The topological polar surface area (TPSA) is 38.4 Å². The van der Waals surface area contributed by atoms with Gasteiger partial charge in [0.05, 0.1) is 0 Å². The van der Waals surface area contributed by atoms with Gasteiger partial charge in [0, 0.05) is 5.70 Å². The second kappa shape index (κ2) is 3.73. The molecule has 0 spiro atoms. The summed E-state index contributed by atoms with van der Waals surface area (Å²) in [6.07, 6.45) is 6.78. The van der Waals surface area contributed by atoms with Crippen LogP contribution in [0.5, 0.6) is 0 Å². The van der Waals surface area contributed by atoms with E-state index < -0.39 is 0 Å². The molecule has 0 aliphatic heterocycles. The number of nitrogens with two attached hydrogens (primary N) is 1. The lowest BCUT2D eigenvalue weighted by atomic mass is 10.4. The van der Waals surface area contributed by atoms with E-state index in [1.54, 1.807) is 0 Å². The van der Waals surface area contributed by atoms with Crippen LogP contribution in [0.15, 0.2) is 16.8 Å². The molecule has 2 nitrogen and oxygen atoms in total. The Morgan fingerprint density at radius 1 is 1.78 bits per heavy atom. The van der Waals surface area contributed by atoms with Crippen LogP contribution in [0.2, 0.25) is 0 Å². The van der Waals surface area contributed by atoms with Gasteiger partial charge in [0.1, 0.15) is 0 Å². The molecule has 0 aliphatic carbocycles. The molecule has 2 heteroatoms. The van der Waals surface area contributed by atoms with Crippen LogP contribution in [-0.4, -0.2) is 5.84 Å². The monoisotopic (exact) mass is 122 g/mol. The molecule has 0 bridgehead atoms. The van der Waals surface area contributed by atoms with Crippen molar-refractivity contribution in [2.45, 2.75) is 13.8 Å². The first-order valence-corrected chi connectivity index (χ1v) is 2.64. The Balaban J connectivity index is 4.17. The summed E-state index contributed by atoms with van der Waals surface area (Å²) in [6, 6.07) is 0. The minimum Gasteiger partial charge on any atom is -0.377 e. The first-order chi connectivity index (χ1) is 4.20. The van der Waals surface area contributed by atoms with Gasteiger partial charge in [-0.25, -0.2) is 4.99 Å². The van der Waals surface area contributed by atoms with Crippen LogP contribution >= 0.6 is 0 Å². The van der Waals surface area contributed by atoms with Crippen molar-refractivity contribution in [2.24, 2.45) is 10.7 Å². The number of hydrogen-bond acceptors (Lipinski definition) is 1. The summed E-state index contributed by atoms with van der Waals surface area (Å²) in [5.74, 6) is 2.44.